The SMILES string of the molecule is COc1cccc(-c2cc(=O)n(C)c(C)n2)c1. The van der Waals surface area contributed by atoms with Crippen molar-refractivity contribution in [3.63, 3.8) is 0 Å². The molecule has 0 spiro atoms. The standard InChI is InChI=1S/C13H14N2O2/c1-9-14-12(8-13(16)15(9)2)10-5-4-6-11(7-10)17-3/h4-8H,1-3H3. The molecular weight excluding hydrogens is 216 g/mol. The normalized spacial score (nSPS) is 10.3. The molecule has 0 unspecified atom stereocenters. The van der Waals surface area contributed by atoms with Crippen molar-refractivity contribution in [2.45, 2.75) is 6.92 Å². The van der Waals surface area contributed by atoms with Crippen LogP contribution in [0.1, 0.15) is 5.82 Å². The van der Waals surface area contributed by atoms with Gasteiger partial charge in [-0.2, -0.15) is 0 Å². The van der Waals surface area contributed by atoms with E-state index in [-0.39, 0.29) is 5.56 Å². The van der Waals surface area contributed by atoms with Gasteiger partial charge in [-0.3, -0.25) is 4.79 Å². The monoisotopic (exact) mass is 230 g/mol. The molecule has 0 amide bonds. The summed E-state index contributed by atoms with van der Waals surface area (Å²) < 4.78 is 6.67. The van der Waals surface area contributed by atoms with Gasteiger partial charge in [0.15, 0.2) is 0 Å². The molecule has 0 radical (unpaired) electrons. The molecule has 0 fully saturated rings. The van der Waals surface area contributed by atoms with E-state index in [1.54, 1.807) is 14.2 Å². The Hall–Kier alpha value is -2.10. The van der Waals surface area contributed by atoms with Gasteiger partial charge in [0.1, 0.15) is 11.6 Å². The average molecular weight is 230 g/mol. The van der Waals surface area contributed by atoms with Crippen LogP contribution >= 0.6 is 0 Å². The average Bonchev–Trinajstić information content (AvgIpc) is 2.35. The first-order valence-electron chi connectivity index (χ1n) is 5.31. The second-order valence-electron chi connectivity index (χ2n) is 3.82. The molecule has 4 heteroatoms. The molecule has 2 rings (SSSR count). The highest BCUT2D eigenvalue weighted by atomic mass is 16.5. The first-order chi connectivity index (χ1) is 8.11. The largest absolute Gasteiger partial charge is 0.497 e. The summed E-state index contributed by atoms with van der Waals surface area (Å²) in [5.74, 6) is 1.44. The van der Waals surface area contributed by atoms with E-state index in [9.17, 15) is 4.79 Å². The van der Waals surface area contributed by atoms with Gasteiger partial charge in [-0.05, 0) is 19.1 Å². The van der Waals surface area contributed by atoms with E-state index in [2.05, 4.69) is 4.98 Å². The molecule has 0 saturated heterocycles. The van der Waals surface area contributed by atoms with Crippen LogP contribution in [0.15, 0.2) is 35.1 Å². The fourth-order valence-electron chi connectivity index (χ4n) is 1.59. The quantitative estimate of drug-likeness (QED) is 0.789. The number of hydrogen-bond acceptors (Lipinski definition) is 3. The third kappa shape index (κ3) is 2.20. The smallest absolute Gasteiger partial charge is 0.253 e. The number of hydrogen-bond donors (Lipinski definition) is 0. The maximum absolute atomic E-state index is 11.7. The van der Waals surface area contributed by atoms with Gasteiger partial charge in [0, 0.05) is 18.7 Å². The Morgan fingerprint density at radius 1 is 1.29 bits per heavy atom. The van der Waals surface area contributed by atoms with Crippen molar-refractivity contribution in [3.05, 3.63) is 46.5 Å². The Morgan fingerprint density at radius 2 is 2.06 bits per heavy atom. The molecule has 0 aliphatic heterocycles. The van der Waals surface area contributed by atoms with E-state index in [1.165, 1.54) is 10.6 Å². The van der Waals surface area contributed by atoms with Gasteiger partial charge in [-0.1, -0.05) is 12.1 Å². The van der Waals surface area contributed by atoms with Gasteiger partial charge in [0.05, 0.1) is 12.8 Å². The van der Waals surface area contributed by atoms with Crippen molar-refractivity contribution in [2.75, 3.05) is 7.11 Å². The number of aryl methyl sites for hydroxylation is 1. The van der Waals surface area contributed by atoms with Crippen LogP contribution in [0.3, 0.4) is 0 Å². The van der Waals surface area contributed by atoms with E-state index in [0.717, 1.165) is 11.3 Å². The number of nitrogens with zero attached hydrogens (tertiary/aromatic N) is 2. The third-order valence-corrected chi connectivity index (χ3v) is 2.72. The molecular formula is C13H14N2O2. The van der Waals surface area contributed by atoms with Crippen LogP contribution in [0.4, 0.5) is 0 Å². The number of methoxy groups -OCH3 is 1. The van der Waals surface area contributed by atoms with Gasteiger partial charge >= 0.3 is 0 Å². The minimum atomic E-state index is -0.0599. The fraction of sp³-hybridized carbons (Fsp3) is 0.231. The summed E-state index contributed by atoms with van der Waals surface area (Å²) in [6.07, 6.45) is 0. The molecule has 0 N–H and O–H groups in total. The number of benzene rings is 1. The number of aromatic nitrogens is 2. The highest BCUT2D eigenvalue weighted by molar-refractivity contribution is 5.60. The lowest BCUT2D eigenvalue weighted by Gasteiger charge is -2.07. The summed E-state index contributed by atoms with van der Waals surface area (Å²) >= 11 is 0. The molecule has 1 aromatic heterocycles. The van der Waals surface area contributed by atoms with Crippen molar-refractivity contribution < 1.29 is 4.74 Å². The van der Waals surface area contributed by atoms with Crippen LogP contribution in [0.25, 0.3) is 11.3 Å². The van der Waals surface area contributed by atoms with Gasteiger partial charge in [-0.15, -0.1) is 0 Å². The van der Waals surface area contributed by atoms with E-state index in [4.69, 9.17) is 4.74 Å². The lowest BCUT2D eigenvalue weighted by atomic mass is 10.1. The van der Waals surface area contributed by atoms with Crippen molar-refractivity contribution in [1.29, 1.82) is 0 Å². The Bertz CT molecular complexity index is 603. The predicted molar refractivity (Wildman–Crippen MR) is 66.2 cm³/mol. The highest BCUT2D eigenvalue weighted by Gasteiger charge is 2.05. The van der Waals surface area contributed by atoms with Gasteiger partial charge in [0.2, 0.25) is 0 Å². The zero-order valence-corrected chi connectivity index (χ0v) is 10.1. The van der Waals surface area contributed by atoms with Crippen molar-refractivity contribution in [3.8, 4) is 17.0 Å². The summed E-state index contributed by atoms with van der Waals surface area (Å²) in [7, 11) is 3.32. The minimum absolute atomic E-state index is 0.0599. The predicted octanol–water partition coefficient (Wildman–Crippen LogP) is 1.76. The molecule has 4 nitrogen and oxygen atoms in total. The summed E-state index contributed by atoms with van der Waals surface area (Å²) in [6.45, 7) is 1.81. The summed E-state index contributed by atoms with van der Waals surface area (Å²) in [6, 6.07) is 9.03. The van der Waals surface area contributed by atoms with Crippen LogP contribution in [0.5, 0.6) is 5.75 Å². The van der Waals surface area contributed by atoms with Crippen LogP contribution in [0.2, 0.25) is 0 Å². The van der Waals surface area contributed by atoms with Crippen LogP contribution in [0, 0.1) is 6.92 Å². The molecule has 0 atom stereocenters. The van der Waals surface area contributed by atoms with E-state index in [1.807, 2.05) is 31.2 Å². The van der Waals surface area contributed by atoms with Crippen LogP contribution < -0.4 is 10.3 Å². The minimum Gasteiger partial charge on any atom is -0.497 e. The highest BCUT2D eigenvalue weighted by Crippen LogP contribution is 2.21. The molecule has 0 aliphatic rings. The van der Waals surface area contributed by atoms with Crippen molar-refractivity contribution in [1.82, 2.24) is 9.55 Å². The van der Waals surface area contributed by atoms with E-state index >= 15 is 0 Å². The maximum Gasteiger partial charge on any atom is 0.253 e. The summed E-state index contributed by atoms with van der Waals surface area (Å²) in [5.41, 5.74) is 1.49. The third-order valence-electron chi connectivity index (χ3n) is 2.72. The molecule has 0 bridgehead atoms. The molecule has 17 heavy (non-hydrogen) atoms. The maximum atomic E-state index is 11.7. The summed E-state index contributed by atoms with van der Waals surface area (Å²) in [4.78, 5) is 16.1. The van der Waals surface area contributed by atoms with Crippen molar-refractivity contribution in [2.24, 2.45) is 7.05 Å². The zero-order chi connectivity index (χ0) is 12.4. The molecule has 1 heterocycles. The van der Waals surface area contributed by atoms with Gasteiger partial charge in [-0.25, -0.2) is 4.98 Å². The Balaban J connectivity index is 2.56. The molecule has 2 aromatic rings. The lowest BCUT2D eigenvalue weighted by Crippen LogP contribution is -2.19. The Labute approximate surface area is 99.5 Å². The van der Waals surface area contributed by atoms with Crippen molar-refractivity contribution >= 4 is 0 Å². The van der Waals surface area contributed by atoms with Gasteiger partial charge < -0.3 is 9.30 Å². The molecule has 0 aliphatic carbocycles. The molecule has 0 saturated carbocycles. The van der Waals surface area contributed by atoms with Gasteiger partial charge in [0.25, 0.3) is 5.56 Å². The number of rotatable bonds is 2. The first kappa shape index (κ1) is 11.4. The Kier molecular flexibility index (Phi) is 2.95. The van der Waals surface area contributed by atoms with Crippen LogP contribution in [-0.4, -0.2) is 16.7 Å². The second kappa shape index (κ2) is 4.41. The van der Waals surface area contributed by atoms with E-state index in [0.29, 0.717) is 11.5 Å². The Morgan fingerprint density at radius 3 is 2.71 bits per heavy atom. The zero-order valence-electron chi connectivity index (χ0n) is 10.1. The number of ether oxygens (including phenoxy) is 1. The van der Waals surface area contributed by atoms with Crippen LogP contribution in [-0.2, 0) is 7.05 Å². The second-order valence-corrected chi connectivity index (χ2v) is 3.82. The topological polar surface area (TPSA) is 44.1 Å². The summed E-state index contributed by atoms with van der Waals surface area (Å²) in [5, 5.41) is 0. The fourth-order valence-corrected chi connectivity index (χ4v) is 1.59. The van der Waals surface area contributed by atoms with E-state index < -0.39 is 0 Å². The first-order valence-corrected chi connectivity index (χ1v) is 5.31. The molecule has 1 aromatic carbocycles. The lowest BCUT2D eigenvalue weighted by molar-refractivity contribution is 0.415. The molecule has 88 valence electrons.